The second kappa shape index (κ2) is 9.14. The number of hydrazine groups is 1. The monoisotopic (exact) mass is 340 g/mol. The molecule has 0 atom stereocenters. The van der Waals surface area contributed by atoms with Crippen LogP contribution in [0.2, 0.25) is 0 Å². The molecule has 0 radical (unpaired) electrons. The minimum atomic E-state index is 0.118. The smallest absolute Gasteiger partial charge is 0.0832 e. The van der Waals surface area contributed by atoms with E-state index in [1.165, 1.54) is 5.56 Å². The zero-order chi connectivity index (χ0) is 19.1. The van der Waals surface area contributed by atoms with Crippen LogP contribution >= 0.6 is 0 Å². The Morgan fingerprint density at radius 3 is 2.28 bits per heavy atom. The van der Waals surface area contributed by atoms with Crippen LogP contribution < -0.4 is 11.6 Å². The van der Waals surface area contributed by atoms with Crippen LogP contribution in [-0.2, 0) is 6.54 Å². The standard InChI is InChI=1S/C19H26N4.C2H6/c1-6-15-17(7-2)22(5)12-14-10-8-9-11-16(14)19(18(15)20)23(21)13(3)4;1-2/h6-11,13H,1-2,12,20-21H2,3-5H3;1-2H3/b17-15-,19-18-;. The van der Waals surface area contributed by atoms with Gasteiger partial charge in [0.2, 0.25) is 0 Å². The summed E-state index contributed by atoms with van der Waals surface area (Å²) in [5, 5.41) is 1.73. The number of likely N-dealkylation sites (N-methyl/N-ethyl adjacent to an activating group) is 1. The van der Waals surface area contributed by atoms with Gasteiger partial charge in [-0.25, -0.2) is 5.84 Å². The molecule has 0 saturated heterocycles. The molecule has 0 bridgehead atoms. The molecule has 1 aromatic carbocycles. The van der Waals surface area contributed by atoms with E-state index in [-0.39, 0.29) is 6.04 Å². The minimum Gasteiger partial charge on any atom is -0.396 e. The first kappa shape index (κ1) is 20.6. The fraction of sp³-hybridized carbons (Fsp3) is 0.333. The molecule has 4 N–H and O–H groups in total. The molecule has 0 aromatic heterocycles. The second-order valence-electron chi connectivity index (χ2n) is 5.98. The highest BCUT2D eigenvalue weighted by Gasteiger charge is 2.24. The van der Waals surface area contributed by atoms with Gasteiger partial charge in [0.05, 0.1) is 11.4 Å². The highest BCUT2D eigenvalue weighted by Crippen LogP contribution is 2.32. The lowest BCUT2D eigenvalue weighted by atomic mass is 9.95. The molecule has 0 amide bonds. The lowest BCUT2D eigenvalue weighted by molar-refractivity contribution is 0.339. The van der Waals surface area contributed by atoms with Crippen LogP contribution in [0.25, 0.3) is 5.70 Å². The summed E-state index contributed by atoms with van der Waals surface area (Å²) < 4.78 is 0. The van der Waals surface area contributed by atoms with Crippen molar-refractivity contribution in [2.24, 2.45) is 11.6 Å². The number of benzene rings is 1. The van der Waals surface area contributed by atoms with Crippen LogP contribution in [0.4, 0.5) is 0 Å². The number of allylic oxidation sites excluding steroid dienone is 2. The summed E-state index contributed by atoms with van der Waals surface area (Å²) in [6.45, 7) is 16.7. The van der Waals surface area contributed by atoms with Gasteiger partial charge < -0.3 is 15.6 Å². The quantitative estimate of drug-likeness (QED) is 0.642. The second-order valence-corrected chi connectivity index (χ2v) is 5.98. The van der Waals surface area contributed by atoms with Gasteiger partial charge in [-0.3, -0.25) is 0 Å². The Labute approximate surface area is 152 Å². The first-order chi connectivity index (χ1) is 11.9. The lowest BCUT2D eigenvalue weighted by Crippen LogP contribution is -2.38. The van der Waals surface area contributed by atoms with Gasteiger partial charge in [0.1, 0.15) is 0 Å². The zero-order valence-corrected chi connectivity index (χ0v) is 16.2. The van der Waals surface area contributed by atoms with Gasteiger partial charge in [-0.1, -0.05) is 57.3 Å². The van der Waals surface area contributed by atoms with E-state index in [9.17, 15) is 0 Å². The number of nitrogens with two attached hydrogens (primary N) is 2. The van der Waals surface area contributed by atoms with Gasteiger partial charge in [-0.2, -0.15) is 0 Å². The number of hydrogen-bond acceptors (Lipinski definition) is 4. The van der Waals surface area contributed by atoms with Crippen molar-refractivity contribution in [3.8, 4) is 0 Å². The van der Waals surface area contributed by atoms with E-state index in [1.54, 1.807) is 11.1 Å². The first-order valence-corrected chi connectivity index (χ1v) is 8.75. The van der Waals surface area contributed by atoms with Crippen LogP contribution in [-0.4, -0.2) is 23.0 Å². The molecule has 0 aliphatic carbocycles. The zero-order valence-electron chi connectivity index (χ0n) is 16.2. The van der Waals surface area contributed by atoms with E-state index in [0.29, 0.717) is 5.70 Å². The summed E-state index contributed by atoms with van der Waals surface area (Å²) in [7, 11) is 2.03. The number of rotatable bonds is 4. The van der Waals surface area contributed by atoms with Crippen LogP contribution in [0.3, 0.4) is 0 Å². The van der Waals surface area contributed by atoms with Crippen molar-refractivity contribution in [3.05, 3.63) is 77.7 Å². The van der Waals surface area contributed by atoms with Crippen molar-refractivity contribution in [2.75, 3.05) is 7.05 Å². The van der Waals surface area contributed by atoms with Crippen molar-refractivity contribution >= 4 is 5.70 Å². The SMILES string of the molecule is C=CC1=C(\C=C)N(C)Cc2ccccc2/C(N(N)C(C)C)=C\1N.CC. The van der Waals surface area contributed by atoms with Crippen LogP contribution in [0.1, 0.15) is 38.8 Å². The molecular weight excluding hydrogens is 308 g/mol. The number of hydrogen-bond donors (Lipinski definition) is 2. The molecule has 0 spiro atoms. The average Bonchev–Trinajstić information content (AvgIpc) is 2.61. The first-order valence-electron chi connectivity index (χ1n) is 8.75. The Kier molecular flexibility index (Phi) is 7.52. The summed E-state index contributed by atoms with van der Waals surface area (Å²) in [4.78, 5) is 2.13. The highest BCUT2D eigenvalue weighted by atomic mass is 15.4. The lowest BCUT2D eigenvalue weighted by Gasteiger charge is -2.33. The Morgan fingerprint density at radius 1 is 1.16 bits per heavy atom. The molecule has 1 heterocycles. The van der Waals surface area contributed by atoms with E-state index >= 15 is 0 Å². The maximum atomic E-state index is 6.54. The predicted molar refractivity (Wildman–Crippen MR) is 109 cm³/mol. The fourth-order valence-corrected chi connectivity index (χ4v) is 2.86. The predicted octanol–water partition coefficient (Wildman–Crippen LogP) is 4.00. The van der Waals surface area contributed by atoms with Crippen LogP contribution in [0, 0.1) is 0 Å². The van der Waals surface area contributed by atoms with Crippen molar-refractivity contribution in [1.82, 2.24) is 9.91 Å². The minimum absolute atomic E-state index is 0.118. The highest BCUT2D eigenvalue weighted by molar-refractivity contribution is 5.74. The van der Waals surface area contributed by atoms with Crippen molar-refractivity contribution in [2.45, 2.75) is 40.3 Å². The van der Waals surface area contributed by atoms with Gasteiger partial charge in [-0.15, -0.1) is 0 Å². The molecule has 0 unspecified atom stereocenters. The van der Waals surface area contributed by atoms with Gasteiger partial charge in [0.25, 0.3) is 0 Å². The average molecular weight is 341 g/mol. The van der Waals surface area contributed by atoms with Crippen LogP contribution in [0.15, 0.2) is 66.5 Å². The third-order valence-corrected chi connectivity index (χ3v) is 4.12. The van der Waals surface area contributed by atoms with Gasteiger partial charge in [0, 0.05) is 36.5 Å². The van der Waals surface area contributed by atoms with Gasteiger partial charge in [-0.05, 0) is 25.5 Å². The molecule has 1 aliphatic heterocycles. The van der Waals surface area contributed by atoms with E-state index in [2.05, 4.69) is 30.2 Å². The van der Waals surface area contributed by atoms with Gasteiger partial charge in [0.15, 0.2) is 0 Å². The molecule has 4 heteroatoms. The maximum Gasteiger partial charge on any atom is 0.0832 e. The molecule has 136 valence electrons. The molecule has 0 saturated carbocycles. The molecule has 25 heavy (non-hydrogen) atoms. The summed E-state index contributed by atoms with van der Waals surface area (Å²) >= 11 is 0. The fourth-order valence-electron chi connectivity index (χ4n) is 2.86. The van der Waals surface area contributed by atoms with E-state index in [0.717, 1.165) is 29.1 Å². The summed E-state index contributed by atoms with van der Waals surface area (Å²) in [6, 6.07) is 8.32. The number of nitrogens with zero attached hydrogens (tertiary/aromatic N) is 2. The normalized spacial score (nSPS) is 20.0. The largest absolute Gasteiger partial charge is 0.396 e. The Morgan fingerprint density at radius 2 is 1.76 bits per heavy atom. The molecule has 1 aromatic rings. The van der Waals surface area contributed by atoms with E-state index < -0.39 is 0 Å². The Hall–Kier alpha value is -2.46. The third kappa shape index (κ3) is 4.15. The molecule has 1 aliphatic rings. The van der Waals surface area contributed by atoms with Crippen molar-refractivity contribution < 1.29 is 0 Å². The number of fused-ring (bicyclic) bond motifs is 1. The molecule has 4 nitrogen and oxygen atoms in total. The van der Waals surface area contributed by atoms with E-state index in [1.807, 2.05) is 53.0 Å². The third-order valence-electron chi connectivity index (χ3n) is 4.12. The Bertz CT molecular complexity index is 683. The van der Waals surface area contributed by atoms with Gasteiger partial charge >= 0.3 is 0 Å². The molecule has 0 fully saturated rings. The Balaban J connectivity index is 0.00000151. The van der Waals surface area contributed by atoms with Crippen molar-refractivity contribution in [1.29, 1.82) is 0 Å². The van der Waals surface area contributed by atoms with Crippen molar-refractivity contribution in [3.63, 3.8) is 0 Å². The summed E-state index contributed by atoms with van der Waals surface area (Å²) in [6.07, 6.45) is 3.58. The summed E-state index contributed by atoms with van der Waals surface area (Å²) in [5.41, 5.74) is 12.0. The maximum absolute atomic E-state index is 6.54. The summed E-state index contributed by atoms with van der Waals surface area (Å²) in [5.74, 6) is 6.35. The van der Waals surface area contributed by atoms with E-state index in [4.69, 9.17) is 11.6 Å². The molecular formula is C21H32N4. The van der Waals surface area contributed by atoms with Crippen LogP contribution in [0.5, 0.6) is 0 Å². The molecule has 2 rings (SSSR count). The topological polar surface area (TPSA) is 58.5 Å².